The van der Waals surface area contributed by atoms with Crippen LogP contribution in [0.25, 0.3) is 0 Å². The van der Waals surface area contributed by atoms with Gasteiger partial charge in [0, 0.05) is 30.0 Å². The Hall–Kier alpha value is -0.870. The maximum Gasteiger partial charge on any atom is 0.127 e. The van der Waals surface area contributed by atoms with E-state index in [1.165, 1.54) is 23.5 Å². The number of thioether (sulfide) groups is 1. The van der Waals surface area contributed by atoms with Crippen LogP contribution in [0.1, 0.15) is 25.8 Å². The monoisotopic (exact) mass is 295 g/mol. The Morgan fingerprint density at radius 1 is 1.30 bits per heavy atom. The number of methoxy groups -OCH3 is 2. The molecule has 0 bridgehead atoms. The highest BCUT2D eigenvalue weighted by atomic mass is 32.2. The zero-order valence-electron chi connectivity index (χ0n) is 12.9. The number of hydrogen-bond acceptors (Lipinski definition) is 4. The summed E-state index contributed by atoms with van der Waals surface area (Å²) in [6.45, 7) is 5.55. The molecule has 20 heavy (non-hydrogen) atoms. The van der Waals surface area contributed by atoms with Crippen molar-refractivity contribution in [1.82, 2.24) is 5.32 Å². The molecule has 0 spiro atoms. The Morgan fingerprint density at radius 2 is 2.10 bits per heavy atom. The highest BCUT2D eigenvalue weighted by Gasteiger charge is 2.32. The second-order valence-electron chi connectivity index (χ2n) is 5.92. The van der Waals surface area contributed by atoms with Gasteiger partial charge in [0.05, 0.1) is 14.2 Å². The van der Waals surface area contributed by atoms with Crippen LogP contribution in [0.2, 0.25) is 0 Å². The van der Waals surface area contributed by atoms with Crippen LogP contribution in [0.5, 0.6) is 11.5 Å². The highest BCUT2D eigenvalue weighted by molar-refractivity contribution is 7.99. The van der Waals surface area contributed by atoms with E-state index in [0.29, 0.717) is 11.5 Å². The fourth-order valence-corrected chi connectivity index (χ4v) is 4.14. The number of benzene rings is 1. The fourth-order valence-electron chi connectivity index (χ4n) is 2.50. The molecule has 4 heteroatoms. The third-order valence-corrected chi connectivity index (χ3v) is 5.21. The van der Waals surface area contributed by atoms with Crippen molar-refractivity contribution in [2.24, 2.45) is 5.41 Å². The van der Waals surface area contributed by atoms with Gasteiger partial charge in [-0.1, -0.05) is 19.9 Å². The van der Waals surface area contributed by atoms with E-state index in [0.717, 1.165) is 18.0 Å². The highest BCUT2D eigenvalue weighted by Crippen LogP contribution is 2.34. The molecule has 112 valence electrons. The molecule has 1 aliphatic heterocycles. The lowest BCUT2D eigenvalue weighted by Crippen LogP contribution is -2.46. The lowest BCUT2D eigenvalue weighted by molar-refractivity contribution is 0.244. The lowest BCUT2D eigenvalue weighted by atomic mass is 9.82. The Balaban J connectivity index is 2.03. The predicted octanol–water partition coefficient (Wildman–Crippen LogP) is 3.33. The summed E-state index contributed by atoms with van der Waals surface area (Å²) in [7, 11) is 3.38. The Labute approximate surface area is 126 Å². The van der Waals surface area contributed by atoms with E-state index in [1.54, 1.807) is 14.2 Å². The van der Waals surface area contributed by atoms with Gasteiger partial charge in [0.1, 0.15) is 11.5 Å². The van der Waals surface area contributed by atoms with Crippen molar-refractivity contribution < 1.29 is 9.47 Å². The average Bonchev–Trinajstić information content (AvgIpc) is 2.45. The van der Waals surface area contributed by atoms with Crippen LogP contribution in [0.15, 0.2) is 18.2 Å². The second-order valence-corrected chi connectivity index (χ2v) is 7.07. The molecule has 0 saturated carbocycles. The third-order valence-electron chi connectivity index (χ3n) is 4.15. The van der Waals surface area contributed by atoms with E-state index >= 15 is 0 Å². The topological polar surface area (TPSA) is 30.5 Å². The van der Waals surface area contributed by atoms with Crippen molar-refractivity contribution >= 4 is 11.8 Å². The van der Waals surface area contributed by atoms with Gasteiger partial charge in [0.2, 0.25) is 0 Å². The minimum Gasteiger partial charge on any atom is -0.497 e. The molecule has 1 aromatic carbocycles. The summed E-state index contributed by atoms with van der Waals surface area (Å²) in [5.41, 5.74) is 1.55. The first kappa shape index (κ1) is 15.5. The summed E-state index contributed by atoms with van der Waals surface area (Å²) in [5.74, 6) is 4.18. The molecule has 1 aromatic rings. The smallest absolute Gasteiger partial charge is 0.127 e. The average molecular weight is 295 g/mol. The largest absolute Gasteiger partial charge is 0.497 e. The van der Waals surface area contributed by atoms with Gasteiger partial charge in [-0.2, -0.15) is 11.8 Å². The molecule has 3 nitrogen and oxygen atoms in total. The van der Waals surface area contributed by atoms with E-state index in [1.807, 2.05) is 23.9 Å². The van der Waals surface area contributed by atoms with Crippen molar-refractivity contribution in [2.45, 2.75) is 32.9 Å². The van der Waals surface area contributed by atoms with E-state index in [4.69, 9.17) is 9.47 Å². The SMILES string of the molecule is COc1ccc(CNC2CSCCC2(C)C)c(OC)c1. The van der Waals surface area contributed by atoms with Crippen LogP contribution >= 0.6 is 11.8 Å². The van der Waals surface area contributed by atoms with Crippen LogP contribution in [0.3, 0.4) is 0 Å². The van der Waals surface area contributed by atoms with E-state index in [2.05, 4.69) is 25.2 Å². The number of ether oxygens (including phenoxy) is 2. The van der Waals surface area contributed by atoms with Crippen LogP contribution in [0, 0.1) is 5.41 Å². The molecule has 1 atom stereocenters. The van der Waals surface area contributed by atoms with Gasteiger partial charge in [0.25, 0.3) is 0 Å². The normalized spacial score (nSPS) is 21.5. The van der Waals surface area contributed by atoms with Gasteiger partial charge >= 0.3 is 0 Å². The molecular weight excluding hydrogens is 270 g/mol. The Morgan fingerprint density at radius 3 is 2.75 bits per heavy atom. The Bertz CT molecular complexity index is 448. The first-order valence-corrected chi connectivity index (χ1v) is 8.24. The standard InChI is InChI=1S/C16H25NO2S/c1-16(2)7-8-20-11-15(16)17-10-12-5-6-13(18-3)9-14(12)19-4/h5-6,9,15,17H,7-8,10-11H2,1-4H3. The van der Waals surface area contributed by atoms with Crippen molar-refractivity contribution in [3.8, 4) is 11.5 Å². The van der Waals surface area contributed by atoms with Crippen LogP contribution in [-0.4, -0.2) is 31.8 Å². The van der Waals surface area contributed by atoms with Gasteiger partial charge in [-0.15, -0.1) is 0 Å². The summed E-state index contributed by atoms with van der Waals surface area (Å²) in [6.07, 6.45) is 1.27. The van der Waals surface area contributed by atoms with Gasteiger partial charge in [-0.3, -0.25) is 0 Å². The molecule has 1 unspecified atom stereocenters. The minimum absolute atomic E-state index is 0.366. The molecule has 1 saturated heterocycles. The van der Waals surface area contributed by atoms with Gasteiger partial charge in [0.15, 0.2) is 0 Å². The maximum absolute atomic E-state index is 5.45. The fraction of sp³-hybridized carbons (Fsp3) is 0.625. The molecule has 0 radical (unpaired) electrons. The quantitative estimate of drug-likeness (QED) is 0.902. The van der Waals surface area contributed by atoms with E-state index in [9.17, 15) is 0 Å². The van der Waals surface area contributed by atoms with Crippen LogP contribution < -0.4 is 14.8 Å². The molecule has 1 heterocycles. The molecule has 0 aliphatic carbocycles. The zero-order valence-corrected chi connectivity index (χ0v) is 13.7. The van der Waals surface area contributed by atoms with Crippen LogP contribution in [-0.2, 0) is 6.54 Å². The number of nitrogens with one attached hydrogen (secondary N) is 1. The van der Waals surface area contributed by atoms with Gasteiger partial charge in [-0.25, -0.2) is 0 Å². The molecule has 2 rings (SSSR count). The maximum atomic E-state index is 5.45. The number of rotatable bonds is 5. The van der Waals surface area contributed by atoms with Crippen molar-refractivity contribution in [1.29, 1.82) is 0 Å². The number of hydrogen-bond donors (Lipinski definition) is 1. The summed E-state index contributed by atoms with van der Waals surface area (Å²) < 4.78 is 10.7. The first-order valence-electron chi connectivity index (χ1n) is 7.09. The third kappa shape index (κ3) is 3.61. The predicted molar refractivity (Wildman–Crippen MR) is 85.9 cm³/mol. The summed E-state index contributed by atoms with van der Waals surface area (Å²) >= 11 is 2.04. The molecule has 1 N–H and O–H groups in total. The van der Waals surface area contributed by atoms with Crippen molar-refractivity contribution in [3.05, 3.63) is 23.8 Å². The zero-order chi connectivity index (χ0) is 14.6. The van der Waals surface area contributed by atoms with Crippen LogP contribution in [0.4, 0.5) is 0 Å². The minimum atomic E-state index is 0.366. The summed E-state index contributed by atoms with van der Waals surface area (Å²) in [6, 6.07) is 6.55. The molecule has 0 aromatic heterocycles. The first-order chi connectivity index (χ1) is 9.56. The van der Waals surface area contributed by atoms with E-state index in [-0.39, 0.29) is 0 Å². The van der Waals surface area contributed by atoms with E-state index < -0.39 is 0 Å². The summed E-state index contributed by atoms with van der Waals surface area (Å²) in [4.78, 5) is 0. The molecule has 1 fully saturated rings. The van der Waals surface area contributed by atoms with Crippen molar-refractivity contribution in [3.63, 3.8) is 0 Å². The Kier molecular flexibility index (Phi) is 5.22. The lowest BCUT2D eigenvalue weighted by Gasteiger charge is -2.39. The second kappa shape index (κ2) is 6.72. The molecule has 0 amide bonds. The van der Waals surface area contributed by atoms with Crippen molar-refractivity contribution in [2.75, 3.05) is 25.7 Å². The molecular formula is C16H25NO2S. The van der Waals surface area contributed by atoms with Gasteiger partial charge in [-0.05, 0) is 23.7 Å². The van der Waals surface area contributed by atoms with Gasteiger partial charge < -0.3 is 14.8 Å². The molecule has 1 aliphatic rings. The summed E-state index contributed by atoms with van der Waals surface area (Å²) in [5, 5.41) is 3.70.